The van der Waals surface area contributed by atoms with Crippen LogP contribution in [0.2, 0.25) is 0 Å². The van der Waals surface area contributed by atoms with E-state index >= 15 is 0 Å². The number of likely N-dealkylation sites (tertiary alicyclic amines) is 1. The Balaban J connectivity index is 1.78. The predicted octanol–water partition coefficient (Wildman–Crippen LogP) is 2.42. The number of carbonyl (C=O) groups is 2. The SMILES string of the molecule is CCCCC1CCC(C(=O)N2CCC(O)(C(=O)O)CC2)CC1. The topological polar surface area (TPSA) is 77.8 Å². The minimum atomic E-state index is -1.64. The third-order valence-electron chi connectivity index (χ3n) is 5.46. The van der Waals surface area contributed by atoms with Gasteiger partial charge in [0.2, 0.25) is 5.91 Å². The predicted molar refractivity (Wildman–Crippen MR) is 83.4 cm³/mol. The van der Waals surface area contributed by atoms with E-state index in [1.807, 2.05) is 0 Å². The van der Waals surface area contributed by atoms with Gasteiger partial charge in [-0.3, -0.25) is 4.79 Å². The van der Waals surface area contributed by atoms with Crippen LogP contribution in [0.4, 0.5) is 0 Å². The van der Waals surface area contributed by atoms with Gasteiger partial charge in [0.1, 0.15) is 0 Å². The first-order valence-corrected chi connectivity index (χ1v) is 8.71. The van der Waals surface area contributed by atoms with Crippen LogP contribution in [0.3, 0.4) is 0 Å². The van der Waals surface area contributed by atoms with Crippen molar-refractivity contribution >= 4 is 11.9 Å². The molecule has 1 aliphatic heterocycles. The Hall–Kier alpha value is -1.10. The smallest absolute Gasteiger partial charge is 0.335 e. The van der Waals surface area contributed by atoms with Gasteiger partial charge in [0.05, 0.1) is 0 Å². The maximum absolute atomic E-state index is 12.6. The lowest BCUT2D eigenvalue weighted by atomic mass is 9.79. The highest BCUT2D eigenvalue weighted by molar-refractivity contribution is 5.81. The van der Waals surface area contributed by atoms with Crippen molar-refractivity contribution in [2.75, 3.05) is 13.1 Å². The Kier molecular flexibility index (Phi) is 5.84. The summed E-state index contributed by atoms with van der Waals surface area (Å²) in [7, 11) is 0. The number of rotatable bonds is 5. The highest BCUT2D eigenvalue weighted by Crippen LogP contribution is 2.34. The molecule has 5 nitrogen and oxygen atoms in total. The lowest BCUT2D eigenvalue weighted by Crippen LogP contribution is -2.52. The summed E-state index contributed by atoms with van der Waals surface area (Å²) in [5.74, 6) is -0.117. The average Bonchev–Trinajstić information content (AvgIpc) is 2.53. The molecule has 1 saturated carbocycles. The Morgan fingerprint density at radius 3 is 2.23 bits per heavy atom. The van der Waals surface area contributed by atoms with Crippen molar-refractivity contribution < 1.29 is 19.8 Å². The molecule has 0 aromatic carbocycles. The molecule has 1 aliphatic carbocycles. The highest BCUT2D eigenvalue weighted by atomic mass is 16.4. The van der Waals surface area contributed by atoms with Crippen molar-refractivity contribution in [3.05, 3.63) is 0 Å². The van der Waals surface area contributed by atoms with Crippen molar-refractivity contribution in [3.8, 4) is 0 Å². The molecule has 2 fully saturated rings. The van der Waals surface area contributed by atoms with Crippen LogP contribution >= 0.6 is 0 Å². The summed E-state index contributed by atoms with van der Waals surface area (Å²) in [4.78, 5) is 25.3. The fraction of sp³-hybridized carbons (Fsp3) is 0.882. The van der Waals surface area contributed by atoms with Crippen LogP contribution < -0.4 is 0 Å². The largest absolute Gasteiger partial charge is 0.479 e. The molecule has 2 N–H and O–H groups in total. The molecule has 0 unspecified atom stereocenters. The maximum atomic E-state index is 12.6. The third-order valence-corrected chi connectivity index (χ3v) is 5.46. The second-order valence-electron chi connectivity index (χ2n) is 7.02. The summed E-state index contributed by atoms with van der Waals surface area (Å²) < 4.78 is 0. The number of carboxylic acid groups (broad SMARTS) is 1. The molecule has 0 radical (unpaired) electrons. The lowest BCUT2D eigenvalue weighted by molar-refractivity contribution is -0.166. The van der Waals surface area contributed by atoms with Gasteiger partial charge in [-0.1, -0.05) is 26.2 Å². The number of hydrogen-bond donors (Lipinski definition) is 2. The number of hydrogen-bond acceptors (Lipinski definition) is 3. The van der Waals surface area contributed by atoms with Crippen LogP contribution in [0.1, 0.15) is 64.7 Å². The molecule has 126 valence electrons. The van der Waals surface area contributed by atoms with E-state index in [9.17, 15) is 14.7 Å². The molecule has 0 aromatic heterocycles. The van der Waals surface area contributed by atoms with Crippen LogP contribution in [-0.2, 0) is 9.59 Å². The summed E-state index contributed by atoms with van der Waals surface area (Å²) in [5.41, 5.74) is -1.64. The zero-order valence-corrected chi connectivity index (χ0v) is 13.6. The summed E-state index contributed by atoms with van der Waals surface area (Å²) in [5, 5.41) is 19.0. The molecule has 1 amide bonds. The van der Waals surface area contributed by atoms with Gasteiger partial charge >= 0.3 is 5.97 Å². The number of nitrogens with zero attached hydrogens (tertiary/aromatic N) is 1. The van der Waals surface area contributed by atoms with Gasteiger partial charge in [-0.2, -0.15) is 0 Å². The van der Waals surface area contributed by atoms with Crippen molar-refractivity contribution in [3.63, 3.8) is 0 Å². The van der Waals surface area contributed by atoms with Gasteiger partial charge in [-0.15, -0.1) is 0 Å². The van der Waals surface area contributed by atoms with Crippen LogP contribution in [0.15, 0.2) is 0 Å². The van der Waals surface area contributed by atoms with E-state index in [2.05, 4.69) is 6.92 Å². The molecule has 0 aromatic rings. The molecule has 0 spiro atoms. The normalized spacial score (nSPS) is 28.4. The number of aliphatic hydroxyl groups is 1. The Labute approximate surface area is 132 Å². The van der Waals surface area contributed by atoms with Gasteiger partial charge in [-0.05, 0) is 31.6 Å². The van der Waals surface area contributed by atoms with Gasteiger partial charge in [0.25, 0.3) is 0 Å². The van der Waals surface area contributed by atoms with E-state index in [1.54, 1.807) is 4.90 Å². The van der Waals surface area contributed by atoms with Gasteiger partial charge < -0.3 is 15.1 Å². The number of piperidine rings is 1. The number of carboxylic acids is 1. The first-order chi connectivity index (χ1) is 10.5. The monoisotopic (exact) mass is 311 g/mol. The van der Waals surface area contributed by atoms with Gasteiger partial charge in [-0.25, -0.2) is 4.79 Å². The van der Waals surface area contributed by atoms with E-state index < -0.39 is 11.6 Å². The highest BCUT2D eigenvalue weighted by Gasteiger charge is 2.41. The summed E-state index contributed by atoms with van der Waals surface area (Å²) >= 11 is 0. The van der Waals surface area contributed by atoms with Gasteiger partial charge in [0, 0.05) is 31.8 Å². The van der Waals surface area contributed by atoms with E-state index in [-0.39, 0.29) is 24.7 Å². The number of unbranched alkanes of at least 4 members (excludes halogenated alkanes) is 1. The van der Waals surface area contributed by atoms with E-state index in [0.717, 1.165) is 31.6 Å². The first-order valence-electron chi connectivity index (χ1n) is 8.71. The van der Waals surface area contributed by atoms with Crippen LogP contribution in [0, 0.1) is 11.8 Å². The fourth-order valence-corrected chi connectivity index (χ4v) is 3.76. The maximum Gasteiger partial charge on any atom is 0.335 e. The van der Waals surface area contributed by atoms with Crippen LogP contribution in [-0.4, -0.2) is 45.7 Å². The first kappa shape index (κ1) is 17.3. The minimum absolute atomic E-state index is 0.105. The molecule has 22 heavy (non-hydrogen) atoms. The minimum Gasteiger partial charge on any atom is -0.479 e. The Morgan fingerprint density at radius 1 is 1.14 bits per heavy atom. The molecular weight excluding hydrogens is 282 g/mol. The van der Waals surface area contributed by atoms with Crippen LogP contribution in [0.5, 0.6) is 0 Å². The standard InChI is InChI=1S/C17H29NO4/c1-2-3-4-13-5-7-14(8-6-13)15(19)18-11-9-17(22,10-12-18)16(20)21/h13-14,22H,2-12H2,1H3,(H,20,21). The summed E-state index contributed by atoms with van der Waals surface area (Å²) in [6.45, 7) is 2.93. The number of aliphatic carboxylic acids is 1. The fourth-order valence-electron chi connectivity index (χ4n) is 3.76. The molecule has 2 aliphatic rings. The van der Waals surface area contributed by atoms with Crippen molar-refractivity contribution in [2.45, 2.75) is 70.3 Å². The Bertz CT molecular complexity index is 393. The number of amides is 1. The second-order valence-corrected chi connectivity index (χ2v) is 7.02. The van der Waals surface area contributed by atoms with Gasteiger partial charge in [0.15, 0.2) is 5.60 Å². The Morgan fingerprint density at radius 2 is 1.73 bits per heavy atom. The molecule has 0 atom stereocenters. The van der Waals surface area contributed by atoms with E-state index in [4.69, 9.17) is 5.11 Å². The molecule has 0 bridgehead atoms. The summed E-state index contributed by atoms with van der Waals surface area (Å²) in [6.07, 6.45) is 8.29. The van der Waals surface area contributed by atoms with Crippen LogP contribution in [0.25, 0.3) is 0 Å². The average molecular weight is 311 g/mol. The zero-order valence-electron chi connectivity index (χ0n) is 13.6. The molecule has 1 heterocycles. The third kappa shape index (κ3) is 4.00. The van der Waals surface area contributed by atoms with Crippen molar-refractivity contribution in [2.24, 2.45) is 11.8 Å². The van der Waals surface area contributed by atoms with E-state index in [1.165, 1.54) is 19.3 Å². The summed E-state index contributed by atoms with van der Waals surface area (Å²) in [6, 6.07) is 0. The zero-order chi connectivity index (χ0) is 16.2. The van der Waals surface area contributed by atoms with Crippen molar-refractivity contribution in [1.82, 2.24) is 4.90 Å². The molecular formula is C17H29NO4. The molecule has 1 saturated heterocycles. The van der Waals surface area contributed by atoms with Crippen molar-refractivity contribution in [1.29, 1.82) is 0 Å². The molecule has 2 rings (SSSR count). The second kappa shape index (κ2) is 7.44. The lowest BCUT2D eigenvalue weighted by Gasteiger charge is -2.38. The molecule has 5 heteroatoms. The number of carbonyl (C=O) groups excluding carboxylic acids is 1. The quantitative estimate of drug-likeness (QED) is 0.817. The van der Waals surface area contributed by atoms with E-state index in [0.29, 0.717) is 13.1 Å².